The molecular formula is C32H37N3O3. The maximum absolute atomic E-state index is 13.2. The number of carbonyl (C=O) groups excluding carboxylic acids is 1. The van der Waals surface area contributed by atoms with Gasteiger partial charge in [0.1, 0.15) is 5.75 Å². The fourth-order valence-corrected chi connectivity index (χ4v) is 5.25. The topological polar surface area (TPSA) is 55.7 Å². The summed E-state index contributed by atoms with van der Waals surface area (Å²) >= 11 is 0. The van der Waals surface area contributed by atoms with Crippen LogP contribution in [0.4, 0.5) is 0 Å². The number of nitrogens with one attached hydrogen (secondary N) is 1. The first-order valence-electron chi connectivity index (χ1n) is 13.4. The molecule has 4 aromatic rings. The minimum absolute atomic E-state index is 0.0643. The average molecular weight is 512 g/mol. The third-order valence-electron chi connectivity index (χ3n) is 7.43. The van der Waals surface area contributed by atoms with Crippen LogP contribution in [-0.2, 0) is 16.1 Å². The van der Waals surface area contributed by atoms with Gasteiger partial charge in [0.2, 0.25) is 5.91 Å². The Bertz CT molecular complexity index is 1340. The van der Waals surface area contributed by atoms with E-state index in [1.165, 1.54) is 27.6 Å². The van der Waals surface area contributed by atoms with Crippen molar-refractivity contribution in [3.05, 3.63) is 101 Å². The Labute approximate surface area is 225 Å². The van der Waals surface area contributed by atoms with E-state index in [-0.39, 0.29) is 11.8 Å². The fourth-order valence-electron chi connectivity index (χ4n) is 5.25. The fraction of sp³-hybridized carbons (Fsp3) is 0.344. The predicted octanol–water partition coefficient (Wildman–Crippen LogP) is 4.98. The second-order valence-electron chi connectivity index (χ2n) is 10.0. The molecular weight excluding hydrogens is 474 g/mol. The molecule has 198 valence electrons. The van der Waals surface area contributed by atoms with Crippen LogP contribution in [0.2, 0.25) is 0 Å². The van der Waals surface area contributed by atoms with Crippen LogP contribution in [0, 0.1) is 6.92 Å². The number of hydrogen-bond acceptors (Lipinski definition) is 4. The molecule has 1 amide bonds. The zero-order valence-corrected chi connectivity index (χ0v) is 22.4. The lowest BCUT2D eigenvalue weighted by Gasteiger charge is -2.26. The van der Waals surface area contributed by atoms with Crippen molar-refractivity contribution in [1.82, 2.24) is 14.8 Å². The van der Waals surface area contributed by atoms with Gasteiger partial charge in [-0.3, -0.25) is 9.69 Å². The highest BCUT2D eigenvalue weighted by Gasteiger charge is 2.23. The van der Waals surface area contributed by atoms with Gasteiger partial charge < -0.3 is 19.4 Å². The number of amides is 1. The van der Waals surface area contributed by atoms with E-state index < -0.39 is 0 Å². The molecule has 0 radical (unpaired) electrons. The lowest BCUT2D eigenvalue weighted by atomic mass is 9.88. The van der Waals surface area contributed by atoms with Crippen LogP contribution in [0.25, 0.3) is 10.9 Å². The van der Waals surface area contributed by atoms with Crippen molar-refractivity contribution >= 4 is 16.8 Å². The smallest absolute Gasteiger partial charge is 0.220 e. The van der Waals surface area contributed by atoms with E-state index >= 15 is 0 Å². The zero-order chi connectivity index (χ0) is 26.3. The number of hydrogen-bond donors (Lipinski definition) is 1. The van der Waals surface area contributed by atoms with Gasteiger partial charge in [-0.1, -0.05) is 60.2 Å². The van der Waals surface area contributed by atoms with Gasteiger partial charge in [-0.15, -0.1) is 0 Å². The molecule has 0 aliphatic carbocycles. The molecule has 5 rings (SSSR count). The summed E-state index contributed by atoms with van der Waals surface area (Å²) < 4.78 is 13.1. The first-order chi connectivity index (χ1) is 18.6. The number of morpholine rings is 1. The van der Waals surface area contributed by atoms with Crippen molar-refractivity contribution in [3.8, 4) is 5.75 Å². The molecule has 6 heteroatoms. The van der Waals surface area contributed by atoms with Gasteiger partial charge in [-0.05, 0) is 41.8 Å². The third-order valence-corrected chi connectivity index (χ3v) is 7.43. The van der Waals surface area contributed by atoms with Gasteiger partial charge >= 0.3 is 0 Å². The maximum atomic E-state index is 13.2. The number of fused-ring (bicyclic) bond motifs is 1. The molecule has 3 aromatic carbocycles. The minimum atomic E-state index is -0.0755. The Morgan fingerprint density at radius 3 is 2.47 bits per heavy atom. The number of para-hydroxylation sites is 1. The highest BCUT2D eigenvalue weighted by atomic mass is 16.5. The summed E-state index contributed by atoms with van der Waals surface area (Å²) in [5.74, 6) is 0.798. The summed E-state index contributed by atoms with van der Waals surface area (Å²) in [6, 6.07) is 25.3. The molecule has 1 fully saturated rings. The number of benzene rings is 3. The lowest BCUT2D eigenvalue weighted by Crippen LogP contribution is -2.41. The van der Waals surface area contributed by atoms with Crippen molar-refractivity contribution in [3.63, 3.8) is 0 Å². The quantitative estimate of drug-likeness (QED) is 0.326. The van der Waals surface area contributed by atoms with Crippen LogP contribution >= 0.6 is 0 Å². The van der Waals surface area contributed by atoms with Crippen molar-refractivity contribution < 1.29 is 14.3 Å². The molecule has 0 unspecified atom stereocenters. The van der Waals surface area contributed by atoms with Crippen LogP contribution in [0.1, 0.15) is 34.6 Å². The highest BCUT2D eigenvalue weighted by molar-refractivity contribution is 5.86. The van der Waals surface area contributed by atoms with Crippen molar-refractivity contribution in [2.45, 2.75) is 25.8 Å². The molecule has 1 atom stereocenters. The molecule has 1 aromatic heterocycles. The Morgan fingerprint density at radius 1 is 1.00 bits per heavy atom. The van der Waals surface area contributed by atoms with Crippen molar-refractivity contribution in [1.29, 1.82) is 0 Å². The van der Waals surface area contributed by atoms with Crippen LogP contribution in [0.5, 0.6) is 5.75 Å². The van der Waals surface area contributed by atoms with Crippen LogP contribution in [0.15, 0.2) is 79.0 Å². The summed E-state index contributed by atoms with van der Waals surface area (Å²) in [6.07, 6.45) is 2.62. The van der Waals surface area contributed by atoms with Gasteiger partial charge in [-0.25, -0.2) is 0 Å². The van der Waals surface area contributed by atoms with E-state index in [1.54, 1.807) is 7.11 Å². The Hall–Kier alpha value is -3.61. The minimum Gasteiger partial charge on any atom is -0.497 e. The summed E-state index contributed by atoms with van der Waals surface area (Å²) in [5, 5.41) is 4.35. The summed E-state index contributed by atoms with van der Waals surface area (Å²) in [7, 11) is 1.67. The number of carbonyl (C=O) groups is 1. The number of rotatable bonds is 10. The second kappa shape index (κ2) is 12.3. The third kappa shape index (κ3) is 6.26. The largest absolute Gasteiger partial charge is 0.497 e. The van der Waals surface area contributed by atoms with Gasteiger partial charge in [0.15, 0.2) is 0 Å². The summed E-state index contributed by atoms with van der Waals surface area (Å²) in [4.78, 5) is 15.6. The normalized spacial score (nSPS) is 14.9. The summed E-state index contributed by atoms with van der Waals surface area (Å²) in [5.41, 5.74) is 5.96. The molecule has 1 aliphatic rings. The Balaban J connectivity index is 1.42. The Morgan fingerprint density at radius 2 is 1.74 bits per heavy atom. The Kier molecular flexibility index (Phi) is 8.41. The predicted molar refractivity (Wildman–Crippen MR) is 152 cm³/mol. The zero-order valence-electron chi connectivity index (χ0n) is 22.4. The number of aryl methyl sites for hydroxylation is 1. The number of nitrogens with zero attached hydrogens (tertiary/aromatic N) is 2. The molecule has 38 heavy (non-hydrogen) atoms. The first kappa shape index (κ1) is 26.0. The molecule has 1 saturated heterocycles. The molecule has 1 aliphatic heterocycles. The number of methoxy groups -OCH3 is 1. The van der Waals surface area contributed by atoms with E-state index in [0.717, 1.165) is 50.7 Å². The van der Waals surface area contributed by atoms with E-state index in [2.05, 4.69) is 88.6 Å². The SMILES string of the molecule is COc1ccc([C@@H](CC(=O)NCCN2CCOCC2)c2cn(Cc3ccc(C)cc3)c3ccccc23)cc1. The van der Waals surface area contributed by atoms with Gasteiger partial charge in [0, 0.05) is 62.2 Å². The molecule has 1 N–H and O–H groups in total. The number of aromatic nitrogens is 1. The molecule has 2 heterocycles. The molecule has 6 nitrogen and oxygen atoms in total. The van der Waals surface area contributed by atoms with E-state index in [0.29, 0.717) is 13.0 Å². The van der Waals surface area contributed by atoms with Crippen molar-refractivity contribution in [2.75, 3.05) is 46.5 Å². The average Bonchev–Trinajstić information content (AvgIpc) is 3.31. The highest BCUT2D eigenvalue weighted by Crippen LogP contribution is 2.35. The van der Waals surface area contributed by atoms with E-state index in [1.807, 2.05) is 12.1 Å². The second-order valence-corrected chi connectivity index (χ2v) is 10.0. The van der Waals surface area contributed by atoms with E-state index in [4.69, 9.17) is 9.47 Å². The van der Waals surface area contributed by atoms with Gasteiger partial charge in [0.05, 0.1) is 20.3 Å². The first-order valence-corrected chi connectivity index (χ1v) is 13.4. The summed E-state index contributed by atoms with van der Waals surface area (Å²) in [6.45, 7) is 7.75. The van der Waals surface area contributed by atoms with Crippen LogP contribution in [0.3, 0.4) is 0 Å². The molecule has 0 saturated carbocycles. The maximum Gasteiger partial charge on any atom is 0.220 e. The lowest BCUT2D eigenvalue weighted by molar-refractivity contribution is -0.121. The molecule has 0 bridgehead atoms. The van der Waals surface area contributed by atoms with Crippen LogP contribution < -0.4 is 10.1 Å². The standard InChI is InChI=1S/C32H37N3O3/c1-24-7-9-25(10-8-24)22-35-23-30(28-5-3-4-6-31(28)35)29(26-11-13-27(37-2)14-12-26)21-32(36)33-15-16-34-17-19-38-20-18-34/h3-14,23,29H,15-22H2,1-2H3,(H,33,36)/t29-/m1/s1. The van der Waals surface area contributed by atoms with Crippen molar-refractivity contribution in [2.24, 2.45) is 0 Å². The van der Waals surface area contributed by atoms with Crippen LogP contribution in [-0.4, -0.2) is 61.9 Å². The molecule has 0 spiro atoms. The monoisotopic (exact) mass is 511 g/mol. The van der Waals surface area contributed by atoms with Gasteiger partial charge in [-0.2, -0.15) is 0 Å². The number of ether oxygens (including phenoxy) is 2. The van der Waals surface area contributed by atoms with Gasteiger partial charge in [0.25, 0.3) is 0 Å². The van der Waals surface area contributed by atoms with E-state index in [9.17, 15) is 4.79 Å².